The Morgan fingerprint density at radius 2 is 1.85 bits per heavy atom. The van der Waals surface area contributed by atoms with Crippen LogP contribution in [0.5, 0.6) is 0 Å². The Balaban J connectivity index is 2.26. The van der Waals surface area contributed by atoms with Crippen LogP contribution in [0.25, 0.3) is 22.2 Å². The van der Waals surface area contributed by atoms with Gasteiger partial charge in [0, 0.05) is 17.2 Å². The molecule has 0 saturated carbocycles. The number of hydrazine groups is 1. The van der Waals surface area contributed by atoms with E-state index in [0.29, 0.717) is 27.7 Å². The number of aromatic nitrogens is 2. The van der Waals surface area contributed by atoms with E-state index < -0.39 is 11.9 Å². The molecule has 0 spiro atoms. The molecule has 3 rings (SSSR count). The molecule has 7 heteroatoms. The molecule has 130 valence electrons. The Kier molecular flexibility index (Phi) is 4.62. The molecule has 3 N–H and O–H groups in total. The van der Waals surface area contributed by atoms with Crippen molar-refractivity contribution < 1.29 is 14.7 Å². The molecule has 0 aliphatic heterocycles. The van der Waals surface area contributed by atoms with Crippen LogP contribution in [0.2, 0.25) is 0 Å². The average molecular weight is 348 g/mol. The molecule has 2 heterocycles. The van der Waals surface area contributed by atoms with Crippen molar-refractivity contribution >= 4 is 28.6 Å². The highest BCUT2D eigenvalue weighted by Crippen LogP contribution is 2.33. The van der Waals surface area contributed by atoms with Gasteiger partial charge in [-0.3, -0.25) is 20.6 Å². The maximum absolute atomic E-state index is 12.0. The predicted octanol–water partition coefficient (Wildman–Crippen LogP) is 3.01. The number of carboxylic acid groups (broad SMARTS) is 1. The van der Waals surface area contributed by atoms with Crippen molar-refractivity contribution in [3.05, 3.63) is 66.4 Å². The monoisotopic (exact) mass is 348 g/mol. The zero-order valence-electron chi connectivity index (χ0n) is 14.0. The van der Waals surface area contributed by atoms with Crippen molar-refractivity contribution in [2.24, 2.45) is 0 Å². The fourth-order valence-electron chi connectivity index (χ4n) is 2.51. The smallest absolute Gasteiger partial charge is 0.337 e. The summed E-state index contributed by atoms with van der Waals surface area (Å²) < 4.78 is 0. The number of amides is 1. The molecule has 0 atom stereocenters. The van der Waals surface area contributed by atoms with Gasteiger partial charge in [-0.2, -0.15) is 0 Å². The van der Waals surface area contributed by atoms with Gasteiger partial charge in [-0.1, -0.05) is 30.8 Å². The van der Waals surface area contributed by atoms with Crippen LogP contribution >= 0.6 is 0 Å². The van der Waals surface area contributed by atoms with Crippen molar-refractivity contribution in [2.75, 3.05) is 5.43 Å². The maximum atomic E-state index is 12.0. The molecule has 1 amide bonds. The number of rotatable bonds is 5. The van der Waals surface area contributed by atoms with Gasteiger partial charge in [0.2, 0.25) is 0 Å². The minimum atomic E-state index is -1.11. The minimum absolute atomic E-state index is 0.0568. The molecule has 1 aromatic carbocycles. The van der Waals surface area contributed by atoms with Gasteiger partial charge in [-0.15, -0.1) is 0 Å². The normalized spacial score (nSPS) is 10.3. The molecule has 0 saturated heterocycles. The van der Waals surface area contributed by atoms with E-state index in [1.165, 1.54) is 0 Å². The maximum Gasteiger partial charge on any atom is 0.337 e. The van der Waals surface area contributed by atoms with Crippen LogP contribution in [0.4, 0.5) is 5.82 Å². The third kappa shape index (κ3) is 3.23. The van der Waals surface area contributed by atoms with Crippen LogP contribution < -0.4 is 10.9 Å². The molecule has 2 aromatic heterocycles. The van der Waals surface area contributed by atoms with E-state index in [9.17, 15) is 14.7 Å². The molecule has 26 heavy (non-hydrogen) atoms. The van der Waals surface area contributed by atoms with Crippen LogP contribution in [0.1, 0.15) is 17.3 Å². The van der Waals surface area contributed by atoms with E-state index in [1.54, 1.807) is 55.6 Å². The quantitative estimate of drug-likeness (QED) is 0.484. The van der Waals surface area contributed by atoms with Gasteiger partial charge >= 0.3 is 5.97 Å². The number of carbonyl (C=O) groups is 2. The van der Waals surface area contributed by atoms with Gasteiger partial charge in [0.25, 0.3) is 5.91 Å². The molecule has 0 bridgehead atoms. The fraction of sp³-hybridized carbons (Fsp3) is 0.0526. The molecule has 0 unspecified atom stereocenters. The summed E-state index contributed by atoms with van der Waals surface area (Å²) in [4.78, 5) is 32.6. The SMILES string of the molecule is C=C(C)C(=O)NNc1nc2ccccc2c(C(=O)O)c1-c1ccccn1. The standard InChI is InChI=1S/C19H16N4O3/c1-11(2)18(24)23-22-17-16(14-9-5-6-10-20-14)15(19(25)26)12-7-3-4-8-13(12)21-17/h3-10H,1H2,2H3,(H,21,22)(H,23,24)(H,25,26). The first-order valence-electron chi connectivity index (χ1n) is 7.78. The second-order valence-corrected chi connectivity index (χ2v) is 5.61. The molecular weight excluding hydrogens is 332 g/mol. The van der Waals surface area contributed by atoms with Crippen molar-refractivity contribution in [3.63, 3.8) is 0 Å². The summed E-state index contributed by atoms with van der Waals surface area (Å²) in [5.41, 5.74) is 6.73. The van der Waals surface area contributed by atoms with E-state index in [2.05, 4.69) is 27.4 Å². The van der Waals surface area contributed by atoms with E-state index in [-0.39, 0.29) is 11.4 Å². The Hall–Kier alpha value is -3.74. The molecule has 0 radical (unpaired) electrons. The van der Waals surface area contributed by atoms with Gasteiger partial charge in [0.05, 0.1) is 22.3 Å². The third-order valence-electron chi connectivity index (χ3n) is 3.71. The molecule has 0 aliphatic carbocycles. The van der Waals surface area contributed by atoms with Crippen LogP contribution in [-0.2, 0) is 4.79 Å². The molecule has 3 aromatic rings. The van der Waals surface area contributed by atoms with Gasteiger partial charge < -0.3 is 5.11 Å². The summed E-state index contributed by atoms with van der Waals surface area (Å²) in [5, 5.41) is 10.3. The first kappa shape index (κ1) is 17.1. The summed E-state index contributed by atoms with van der Waals surface area (Å²) in [6.07, 6.45) is 1.56. The Morgan fingerprint density at radius 3 is 2.50 bits per heavy atom. The third-order valence-corrected chi connectivity index (χ3v) is 3.71. The topological polar surface area (TPSA) is 104 Å². The highest BCUT2D eigenvalue weighted by atomic mass is 16.4. The molecule has 0 aliphatic rings. The summed E-state index contributed by atoms with van der Waals surface area (Å²) in [6.45, 7) is 5.13. The van der Waals surface area contributed by atoms with Crippen molar-refractivity contribution in [1.82, 2.24) is 15.4 Å². The Labute approximate surface area is 149 Å². The lowest BCUT2D eigenvalue weighted by molar-refractivity contribution is -0.116. The lowest BCUT2D eigenvalue weighted by atomic mass is 9.99. The molecular formula is C19H16N4O3. The van der Waals surface area contributed by atoms with Gasteiger partial charge in [0.15, 0.2) is 5.82 Å². The fourth-order valence-corrected chi connectivity index (χ4v) is 2.51. The summed E-state index contributed by atoms with van der Waals surface area (Å²) in [7, 11) is 0. The minimum Gasteiger partial charge on any atom is -0.478 e. The predicted molar refractivity (Wildman–Crippen MR) is 98.5 cm³/mol. The lowest BCUT2D eigenvalue weighted by Gasteiger charge is -2.16. The summed E-state index contributed by atoms with van der Waals surface area (Å²) in [6, 6.07) is 12.1. The van der Waals surface area contributed by atoms with Crippen molar-refractivity contribution in [1.29, 1.82) is 0 Å². The Bertz CT molecular complexity index is 1020. The zero-order valence-corrected chi connectivity index (χ0v) is 14.0. The van der Waals surface area contributed by atoms with Crippen LogP contribution in [0, 0.1) is 0 Å². The number of benzene rings is 1. The van der Waals surface area contributed by atoms with E-state index in [4.69, 9.17) is 0 Å². The Morgan fingerprint density at radius 1 is 1.12 bits per heavy atom. The number of para-hydroxylation sites is 1. The number of pyridine rings is 2. The van der Waals surface area contributed by atoms with Crippen LogP contribution in [0.3, 0.4) is 0 Å². The van der Waals surface area contributed by atoms with E-state index in [0.717, 1.165) is 0 Å². The zero-order chi connectivity index (χ0) is 18.7. The molecule has 0 fully saturated rings. The largest absolute Gasteiger partial charge is 0.478 e. The number of aromatic carboxylic acids is 1. The lowest BCUT2D eigenvalue weighted by Crippen LogP contribution is -2.30. The summed E-state index contributed by atoms with van der Waals surface area (Å²) in [5.74, 6) is -1.35. The van der Waals surface area contributed by atoms with Gasteiger partial charge in [-0.25, -0.2) is 9.78 Å². The number of nitrogens with zero attached hydrogens (tertiary/aromatic N) is 2. The van der Waals surface area contributed by atoms with Gasteiger partial charge in [0.1, 0.15) is 0 Å². The van der Waals surface area contributed by atoms with Crippen LogP contribution in [-0.4, -0.2) is 27.0 Å². The average Bonchev–Trinajstić information content (AvgIpc) is 2.65. The number of fused-ring (bicyclic) bond motifs is 1. The number of anilines is 1. The van der Waals surface area contributed by atoms with Gasteiger partial charge in [-0.05, 0) is 25.1 Å². The molecule has 7 nitrogen and oxygen atoms in total. The van der Waals surface area contributed by atoms with Crippen molar-refractivity contribution in [3.8, 4) is 11.3 Å². The first-order valence-corrected chi connectivity index (χ1v) is 7.78. The first-order chi connectivity index (χ1) is 12.5. The number of nitrogens with one attached hydrogen (secondary N) is 2. The van der Waals surface area contributed by atoms with E-state index >= 15 is 0 Å². The highest BCUT2D eigenvalue weighted by molar-refractivity contribution is 6.10. The number of carboxylic acids is 1. The second-order valence-electron chi connectivity index (χ2n) is 5.61. The number of hydrogen-bond acceptors (Lipinski definition) is 5. The summed E-state index contributed by atoms with van der Waals surface area (Å²) >= 11 is 0. The van der Waals surface area contributed by atoms with E-state index in [1.807, 2.05) is 0 Å². The number of carbonyl (C=O) groups excluding carboxylic acids is 1. The van der Waals surface area contributed by atoms with Crippen molar-refractivity contribution in [2.45, 2.75) is 6.92 Å². The number of hydrogen-bond donors (Lipinski definition) is 3. The van der Waals surface area contributed by atoms with Crippen LogP contribution in [0.15, 0.2) is 60.8 Å². The second kappa shape index (κ2) is 7.02. The highest BCUT2D eigenvalue weighted by Gasteiger charge is 2.22.